The first-order valence-corrected chi connectivity index (χ1v) is 11.4. The van der Waals surface area contributed by atoms with Crippen LogP contribution in [0.3, 0.4) is 0 Å². The number of hydrogen-bond donors (Lipinski definition) is 0. The summed E-state index contributed by atoms with van der Waals surface area (Å²) in [5.41, 5.74) is 0. The van der Waals surface area contributed by atoms with Crippen molar-refractivity contribution in [2.75, 3.05) is 13.7 Å². The highest BCUT2D eigenvalue weighted by Gasteiger charge is 2.31. The molecular weight excluding hydrogens is 308 g/mol. The minimum atomic E-state index is 0.0686. The first kappa shape index (κ1) is 19.7. The number of hydrogen-bond acceptors (Lipinski definition) is 2. The molecule has 1 heterocycles. The summed E-state index contributed by atoms with van der Waals surface area (Å²) in [4.78, 5) is 0. The Bertz CT molecular complexity index is 345. The van der Waals surface area contributed by atoms with Crippen LogP contribution in [0.15, 0.2) is 0 Å². The summed E-state index contributed by atoms with van der Waals surface area (Å²) in [6.07, 6.45) is 20.4. The van der Waals surface area contributed by atoms with E-state index >= 15 is 0 Å². The van der Waals surface area contributed by atoms with E-state index in [1.54, 1.807) is 20.0 Å². The van der Waals surface area contributed by atoms with Crippen molar-refractivity contribution in [1.82, 2.24) is 0 Å². The van der Waals surface area contributed by atoms with Crippen LogP contribution in [-0.2, 0) is 9.47 Å². The molecule has 1 saturated heterocycles. The molecule has 2 unspecified atom stereocenters. The van der Waals surface area contributed by atoms with Crippen molar-refractivity contribution in [1.29, 1.82) is 0 Å². The largest absolute Gasteiger partial charge is 0.356 e. The van der Waals surface area contributed by atoms with Gasteiger partial charge < -0.3 is 9.47 Å². The normalized spacial score (nSPS) is 40.1. The molecular formula is C23H42O2. The van der Waals surface area contributed by atoms with Gasteiger partial charge in [0.05, 0.1) is 6.61 Å². The highest BCUT2D eigenvalue weighted by molar-refractivity contribution is 4.82. The standard InChI is InChI=1S/C23H42O2/c1-3-4-18-7-12-21(13-8-18)22-14-9-19(10-15-22)5-6-20-11-16-23(24-2)25-17-20/h18-23H,3-17H2,1-2H3. The second-order valence-corrected chi connectivity index (χ2v) is 9.37. The van der Waals surface area contributed by atoms with E-state index in [9.17, 15) is 0 Å². The molecule has 0 aromatic heterocycles. The first-order chi connectivity index (χ1) is 12.3. The van der Waals surface area contributed by atoms with Gasteiger partial charge in [-0.1, -0.05) is 51.9 Å². The molecule has 3 fully saturated rings. The fourth-order valence-corrected chi connectivity index (χ4v) is 5.97. The average Bonchev–Trinajstić information content (AvgIpc) is 2.68. The van der Waals surface area contributed by atoms with Crippen molar-refractivity contribution < 1.29 is 9.47 Å². The fourth-order valence-electron chi connectivity index (χ4n) is 5.97. The van der Waals surface area contributed by atoms with E-state index in [0.717, 1.165) is 42.6 Å². The summed E-state index contributed by atoms with van der Waals surface area (Å²) < 4.78 is 11.1. The maximum atomic E-state index is 5.78. The predicted octanol–water partition coefficient (Wildman–Crippen LogP) is 6.58. The minimum Gasteiger partial charge on any atom is -0.356 e. The zero-order valence-electron chi connectivity index (χ0n) is 16.9. The molecule has 0 aromatic rings. The van der Waals surface area contributed by atoms with Crippen LogP contribution in [0, 0.1) is 29.6 Å². The van der Waals surface area contributed by atoms with E-state index in [2.05, 4.69) is 6.92 Å². The molecule has 0 radical (unpaired) electrons. The van der Waals surface area contributed by atoms with Crippen molar-refractivity contribution in [2.24, 2.45) is 29.6 Å². The van der Waals surface area contributed by atoms with Gasteiger partial charge in [-0.05, 0) is 74.5 Å². The SMILES string of the molecule is CCCC1CCC(C2CCC(CCC3CCC(OC)OC3)CC2)CC1. The third-order valence-corrected chi connectivity index (χ3v) is 7.72. The number of ether oxygens (including phenoxy) is 2. The van der Waals surface area contributed by atoms with Crippen molar-refractivity contribution in [3.05, 3.63) is 0 Å². The summed E-state index contributed by atoms with van der Waals surface area (Å²) in [6, 6.07) is 0. The molecule has 0 spiro atoms. The van der Waals surface area contributed by atoms with Crippen LogP contribution in [0.5, 0.6) is 0 Å². The molecule has 3 rings (SSSR count). The number of rotatable bonds is 7. The van der Waals surface area contributed by atoms with Gasteiger partial charge in [-0.15, -0.1) is 0 Å². The van der Waals surface area contributed by atoms with Gasteiger partial charge in [0.2, 0.25) is 0 Å². The molecule has 0 aromatic carbocycles. The van der Waals surface area contributed by atoms with Gasteiger partial charge in [0, 0.05) is 7.11 Å². The summed E-state index contributed by atoms with van der Waals surface area (Å²) in [5, 5.41) is 0. The molecule has 2 nitrogen and oxygen atoms in total. The third-order valence-electron chi connectivity index (χ3n) is 7.72. The Morgan fingerprint density at radius 3 is 1.68 bits per heavy atom. The lowest BCUT2D eigenvalue weighted by Gasteiger charge is -2.38. The van der Waals surface area contributed by atoms with E-state index < -0.39 is 0 Å². The van der Waals surface area contributed by atoms with Gasteiger partial charge >= 0.3 is 0 Å². The van der Waals surface area contributed by atoms with Gasteiger partial charge in [-0.2, -0.15) is 0 Å². The van der Waals surface area contributed by atoms with E-state index in [1.807, 2.05) is 0 Å². The van der Waals surface area contributed by atoms with E-state index in [1.165, 1.54) is 70.6 Å². The lowest BCUT2D eigenvalue weighted by Crippen LogP contribution is -2.28. The van der Waals surface area contributed by atoms with Crippen LogP contribution in [0.2, 0.25) is 0 Å². The van der Waals surface area contributed by atoms with Gasteiger partial charge in [-0.25, -0.2) is 0 Å². The Labute approximate surface area is 156 Å². The Morgan fingerprint density at radius 1 is 0.680 bits per heavy atom. The Balaban J connectivity index is 1.29. The van der Waals surface area contributed by atoms with Crippen molar-refractivity contribution in [2.45, 2.75) is 103 Å². The van der Waals surface area contributed by atoms with Gasteiger partial charge in [0.1, 0.15) is 0 Å². The summed E-state index contributed by atoms with van der Waals surface area (Å²) in [7, 11) is 1.76. The van der Waals surface area contributed by atoms with E-state index in [0.29, 0.717) is 0 Å². The zero-order valence-corrected chi connectivity index (χ0v) is 16.9. The summed E-state index contributed by atoms with van der Waals surface area (Å²) in [5.74, 6) is 5.00. The molecule has 2 saturated carbocycles. The molecule has 146 valence electrons. The highest BCUT2D eigenvalue weighted by atomic mass is 16.7. The molecule has 0 amide bonds. The third kappa shape index (κ3) is 5.96. The fraction of sp³-hybridized carbons (Fsp3) is 1.00. The summed E-state index contributed by atoms with van der Waals surface area (Å²) in [6.45, 7) is 3.28. The van der Waals surface area contributed by atoms with Gasteiger partial charge in [0.25, 0.3) is 0 Å². The highest BCUT2D eigenvalue weighted by Crippen LogP contribution is 2.43. The van der Waals surface area contributed by atoms with Crippen molar-refractivity contribution in [3.63, 3.8) is 0 Å². The first-order valence-electron chi connectivity index (χ1n) is 11.4. The molecule has 0 N–H and O–H groups in total. The zero-order chi connectivity index (χ0) is 17.5. The van der Waals surface area contributed by atoms with Crippen molar-refractivity contribution in [3.8, 4) is 0 Å². The molecule has 3 aliphatic rings. The van der Waals surface area contributed by atoms with Crippen molar-refractivity contribution >= 4 is 0 Å². The van der Waals surface area contributed by atoms with Crippen LogP contribution in [0.4, 0.5) is 0 Å². The molecule has 2 atom stereocenters. The molecule has 0 bridgehead atoms. The quantitative estimate of drug-likeness (QED) is 0.516. The maximum Gasteiger partial charge on any atom is 0.157 e. The molecule has 2 aliphatic carbocycles. The number of methoxy groups -OCH3 is 1. The van der Waals surface area contributed by atoms with Gasteiger partial charge in [-0.3, -0.25) is 0 Å². The average molecular weight is 351 g/mol. The topological polar surface area (TPSA) is 18.5 Å². The molecule has 1 aliphatic heterocycles. The second-order valence-electron chi connectivity index (χ2n) is 9.37. The lowest BCUT2D eigenvalue weighted by atomic mass is 9.68. The summed E-state index contributed by atoms with van der Waals surface area (Å²) >= 11 is 0. The van der Waals surface area contributed by atoms with Crippen LogP contribution in [0.1, 0.15) is 96.8 Å². The Hall–Kier alpha value is -0.0800. The van der Waals surface area contributed by atoms with Crippen LogP contribution in [0.25, 0.3) is 0 Å². The van der Waals surface area contributed by atoms with Gasteiger partial charge in [0.15, 0.2) is 6.29 Å². The predicted molar refractivity (Wildman–Crippen MR) is 105 cm³/mol. The maximum absolute atomic E-state index is 5.78. The van der Waals surface area contributed by atoms with Crippen LogP contribution >= 0.6 is 0 Å². The smallest absolute Gasteiger partial charge is 0.157 e. The lowest BCUT2D eigenvalue weighted by molar-refractivity contribution is -0.160. The molecule has 2 heteroatoms. The molecule has 25 heavy (non-hydrogen) atoms. The second kappa shape index (κ2) is 10.3. The Morgan fingerprint density at radius 2 is 1.20 bits per heavy atom. The van der Waals surface area contributed by atoms with Crippen LogP contribution in [-0.4, -0.2) is 20.0 Å². The Kier molecular flexibility index (Phi) is 8.11. The minimum absolute atomic E-state index is 0.0686. The van der Waals surface area contributed by atoms with E-state index in [4.69, 9.17) is 9.47 Å². The van der Waals surface area contributed by atoms with Crippen LogP contribution < -0.4 is 0 Å². The monoisotopic (exact) mass is 350 g/mol. The van der Waals surface area contributed by atoms with E-state index in [-0.39, 0.29) is 6.29 Å².